The van der Waals surface area contributed by atoms with Crippen LogP contribution in [-0.4, -0.2) is 59.4 Å². The molecular weight excluding hydrogens is 414 g/mol. The van der Waals surface area contributed by atoms with E-state index in [0.717, 1.165) is 5.56 Å². The van der Waals surface area contributed by atoms with Gasteiger partial charge in [-0.1, -0.05) is 72.8 Å². The number of nitrogens with one attached hydrogen (secondary N) is 1. The van der Waals surface area contributed by atoms with Crippen molar-refractivity contribution in [2.24, 2.45) is 0 Å². The Labute approximate surface area is 194 Å². The summed E-state index contributed by atoms with van der Waals surface area (Å²) in [5.74, 6) is -0.833. The average molecular weight is 444 g/mol. The van der Waals surface area contributed by atoms with E-state index in [9.17, 15) is 14.7 Å². The number of piperazine rings is 1. The van der Waals surface area contributed by atoms with Gasteiger partial charge in [-0.3, -0.25) is 14.5 Å². The summed E-state index contributed by atoms with van der Waals surface area (Å²) in [7, 11) is 0. The molecule has 0 atom stereocenters. The number of aromatic hydroxyl groups is 1. The third kappa shape index (κ3) is 5.79. The largest absolute Gasteiger partial charge is 0.508 e. The van der Waals surface area contributed by atoms with Gasteiger partial charge in [-0.15, -0.1) is 0 Å². The van der Waals surface area contributed by atoms with Crippen LogP contribution in [0.1, 0.15) is 22.7 Å². The lowest BCUT2D eigenvalue weighted by Gasteiger charge is -2.39. The van der Waals surface area contributed by atoms with Gasteiger partial charge >= 0.3 is 11.8 Å². The molecule has 6 nitrogen and oxygen atoms in total. The molecule has 4 rings (SSSR count). The lowest BCUT2D eigenvalue weighted by atomic mass is 9.96. The molecule has 1 aliphatic rings. The Hall–Kier alpha value is -3.64. The van der Waals surface area contributed by atoms with E-state index in [2.05, 4.69) is 34.5 Å². The third-order valence-corrected chi connectivity index (χ3v) is 6.03. The fourth-order valence-electron chi connectivity index (χ4n) is 4.27. The number of phenols is 1. The molecule has 0 radical (unpaired) electrons. The van der Waals surface area contributed by atoms with E-state index >= 15 is 0 Å². The summed E-state index contributed by atoms with van der Waals surface area (Å²) in [6, 6.07) is 27.7. The van der Waals surface area contributed by atoms with Crippen LogP contribution in [0.25, 0.3) is 0 Å². The van der Waals surface area contributed by atoms with Crippen LogP contribution < -0.4 is 5.32 Å². The average Bonchev–Trinajstić information content (AvgIpc) is 2.87. The van der Waals surface area contributed by atoms with Gasteiger partial charge in [0, 0.05) is 32.7 Å². The summed E-state index contributed by atoms with van der Waals surface area (Å²) in [5, 5.41) is 12.1. The number of carbonyl (C=O) groups excluding carboxylic acids is 2. The Morgan fingerprint density at radius 1 is 0.788 bits per heavy atom. The predicted octanol–water partition coefficient (Wildman–Crippen LogP) is 2.98. The van der Waals surface area contributed by atoms with Gasteiger partial charge in [0.2, 0.25) is 0 Å². The van der Waals surface area contributed by atoms with Crippen LogP contribution in [0.15, 0.2) is 84.9 Å². The van der Waals surface area contributed by atoms with E-state index in [0.29, 0.717) is 39.1 Å². The maximum atomic E-state index is 12.7. The van der Waals surface area contributed by atoms with Crippen molar-refractivity contribution in [3.63, 3.8) is 0 Å². The number of hydrogen-bond donors (Lipinski definition) is 2. The number of hydrogen-bond acceptors (Lipinski definition) is 4. The van der Waals surface area contributed by atoms with Crippen LogP contribution in [0.4, 0.5) is 0 Å². The van der Waals surface area contributed by atoms with Crippen molar-refractivity contribution in [3.05, 3.63) is 102 Å². The molecule has 170 valence electrons. The molecule has 1 heterocycles. The van der Waals surface area contributed by atoms with E-state index in [4.69, 9.17) is 0 Å². The summed E-state index contributed by atoms with van der Waals surface area (Å²) in [6.45, 7) is 2.79. The maximum absolute atomic E-state index is 12.7. The summed E-state index contributed by atoms with van der Waals surface area (Å²) in [5.41, 5.74) is 3.42. The standard InChI is InChI=1S/C27H29N3O3/c31-24-13-11-21(12-14-24)15-16-28-26(32)27(33)30-19-17-29(18-20-30)25(22-7-3-1-4-8-22)23-9-5-2-6-10-23/h1-14,25,31H,15-20H2,(H,28,32). The Balaban J connectivity index is 1.32. The summed E-state index contributed by atoms with van der Waals surface area (Å²) in [4.78, 5) is 29.1. The second-order valence-corrected chi connectivity index (χ2v) is 8.22. The lowest BCUT2D eigenvalue weighted by molar-refractivity contribution is -0.147. The zero-order chi connectivity index (χ0) is 23.0. The zero-order valence-corrected chi connectivity index (χ0v) is 18.6. The highest BCUT2D eigenvalue weighted by Gasteiger charge is 2.30. The van der Waals surface area contributed by atoms with Crippen LogP contribution >= 0.6 is 0 Å². The number of phenolic OH excluding ortho intramolecular Hbond substituents is 1. The monoisotopic (exact) mass is 443 g/mol. The topological polar surface area (TPSA) is 72.9 Å². The number of carbonyl (C=O) groups is 2. The Bertz CT molecular complexity index is 1010. The maximum Gasteiger partial charge on any atom is 0.311 e. The second kappa shape index (κ2) is 10.8. The first-order valence-corrected chi connectivity index (χ1v) is 11.3. The predicted molar refractivity (Wildman–Crippen MR) is 128 cm³/mol. The summed E-state index contributed by atoms with van der Waals surface area (Å²) in [6.07, 6.45) is 0.600. The van der Waals surface area contributed by atoms with Crippen molar-refractivity contribution < 1.29 is 14.7 Å². The summed E-state index contributed by atoms with van der Waals surface area (Å²) < 4.78 is 0. The minimum Gasteiger partial charge on any atom is -0.508 e. The molecule has 1 saturated heterocycles. The van der Waals surface area contributed by atoms with Crippen molar-refractivity contribution in [1.29, 1.82) is 0 Å². The van der Waals surface area contributed by atoms with Crippen LogP contribution in [0.2, 0.25) is 0 Å². The van der Waals surface area contributed by atoms with Crippen LogP contribution in [0, 0.1) is 0 Å². The van der Waals surface area contributed by atoms with Crippen molar-refractivity contribution in [1.82, 2.24) is 15.1 Å². The molecule has 0 aliphatic carbocycles. The Kier molecular flexibility index (Phi) is 7.37. The van der Waals surface area contributed by atoms with Gasteiger partial charge in [0.1, 0.15) is 5.75 Å². The van der Waals surface area contributed by atoms with Crippen LogP contribution in [0.5, 0.6) is 5.75 Å². The van der Waals surface area contributed by atoms with Gasteiger partial charge in [0.15, 0.2) is 0 Å². The molecule has 0 unspecified atom stereocenters. The first kappa shape index (κ1) is 22.6. The van der Waals surface area contributed by atoms with Crippen molar-refractivity contribution in [2.45, 2.75) is 12.5 Å². The molecule has 1 aliphatic heterocycles. The van der Waals surface area contributed by atoms with Gasteiger partial charge in [-0.2, -0.15) is 0 Å². The molecule has 2 N–H and O–H groups in total. The van der Waals surface area contributed by atoms with Crippen molar-refractivity contribution in [3.8, 4) is 5.75 Å². The summed E-state index contributed by atoms with van der Waals surface area (Å²) >= 11 is 0. The number of rotatable bonds is 6. The lowest BCUT2D eigenvalue weighted by Crippen LogP contribution is -2.53. The number of benzene rings is 3. The van der Waals surface area contributed by atoms with E-state index in [1.54, 1.807) is 29.2 Å². The van der Waals surface area contributed by atoms with Gasteiger partial charge in [-0.05, 0) is 35.2 Å². The highest BCUT2D eigenvalue weighted by Crippen LogP contribution is 2.29. The smallest absolute Gasteiger partial charge is 0.311 e. The van der Waals surface area contributed by atoms with E-state index in [1.807, 2.05) is 36.4 Å². The molecule has 3 aromatic rings. The second-order valence-electron chi connectivity index (χ2n) is 8.22. The van der Waals surface area contributed by atoms with E-state index in [-0.39, 0.29) is 11.8 Å². The number of amides is 2. The highest BCUT2D eigenvalue weighted by molar-refractivity contribution is 6.35. The molecule has 0 saturated carbocycles. The molecule has 0 bridgehead atoms. The Morgan fingerprint density at radius 3 is 1.88 bits per heavy atom. The molecule has 6 heteroatoms. The van der Waals surface area contributed by atoms with Crippen LogP contribution in [-0.2, 0) is 16.0 Å². The van der Waals surface area contributed by atoms with Crippen molar-refractivity contribution >= 4 is 11.8 Å². The van der Waals surface area contributed by atoms with Gasteiger partial charge in [0.05, 0.1) is 6.04 Å². The number of nitrogens with zero attached hydrogens (tertiary/aromatic N) is 2. The van der Waals surface area contributed by atoms with Crippen LogP contribution in [0.3, 0.4) is 0 Å². The molecule has 0 spiro atoms. The zero-order valence-electron chi connectivity index (χ0n) is 18.6. The van der Waals surface area contributed by atoms with Gasteiger partial charge in [-0.25, -0.2) is 0 Å². The quantitative estimate of drug-likeness (QED) is 0.575. The third-order valence-electron chi connectivity index (χ3n) is 6.03. The fourth-order valence-corrected chi connectivity index (χ4v) is 4.27. The van der Waals surface area contributed by atoms with E-state index in [1.165, 1.54) is 11.1 Å². The normalized spacial score (nSPS) is 14.3. The molecule has 2 amide bonds. The minimum absolute atomic E-state index is 0.115. The molecule has 1 fully saturated rings. The minimum atomic E-state index is -0.565. The first-order valence-electron chi connectivity index (χ1n) is 11.3. The Morgan fingerprint density at radius 2 is 1.33 bits per heavy atom. The molecule has 3 aromatic carbocycles. The van der Waals surface area contributed by atoms with Crippen molar-refractivity contribution in [2.75, 3.05) is 32.7 Å². The SMILES string of the molecule is O=C(NCCc1ccc(O)cc1)C(=O)N1CCN(C(c2ccccc2)c2ccccc2)CC1. The van der Waals surface area contributed by atoms with Gasteiger partial charge in [0.25, 0.3) is 0 Å². The van der Waals surface area contributed by atoms with Gasteiger partial charge < -0.3 is 15.3 Å². The first-order chi connectivity index (χ1) is 16.1. The van der Waals surface area contributed by atoms with E-state index < -0.39 is 11.8 Å². The fraction of sp³-hybridized carbons (Fsp3) is 0.259. The molecule has 0 aromatic heterocycles. The molecule has 33 heavy (non-hydrogen) atoms. The highest BCUT2D eigenvalue weighted by atomic mass is 16.3. The molecular formula is C27H29N3O3.